The molecule has 0 bridgehead atoms. The van der Waals surface area contributed by atoms with Gasteiger partial charge in [-0.2, -0.15) is 0 Å². The number of aryl methyl sites for hydroxylation is 1. The van der Waals surface area contributed by atoms with E-state index in [1.165, 1.54) is 0 Å². The molecule has 1 N–H and O–H groups in total. The number of carbonyl (C=O) groups excluding carboxylic acids is 1. The molecule has 1 amide bonds. The zero-order chi connectivity index (χ0) is 14.7. The largest absolute Gasteiger partial charge is 0.346 e. The minimum Gasteiger partial charge on any atom is -0.346 e. The zero-order valence-electron chi connectivity index (χ0n) is 11.7. The molecule has 2 heterocycles. The lowest BCUT2D eigenvalue weighted by atomic mass is 10.1. The summed E-state index contributed by atoms with van der Waals surface area (Å²) < 4.78 is 1.83. The molecule has 0 unspecified atom stereocenters. The van der Waals surface area contributed by atoms with Gasteiger partial charge in [-0.3, -0.25) is 9.78 Å². The Labute approximate surface area is 123 Å². The summed E-state index contributed by atoms with van der Waals surface area (Å²) in [4.78, 5) is 16.3. The average Bonchev–Trinajstić information content (AvgIpc) is 2.91. The Bertz CT molecular complexity index is 748. The quantitative estimate of drug-likeness (QED) is 0.798. The zero-order valence-corrected chi connectivity index (χ0v) is 11.7. The Hall–Kier alpha value is -2.88. The van der Waals surface area contributed by atoms with Gasteiger partial charge in [-0.1, -0.05) is 30.3 Å². The normalized spacial score (nSPS) is 10.3. The summed E-state index contributed by atoms with van der Waals surface area (Å²) in [5.41, 5.74) is 3.41. The van der Waals surface area contributed by atoms with Crippen molar-refractivity contribution in [2.24, 2.45) is 7.05 Å². The van der Waals surface area contributed by atoms with Crippen molar-refractivity contribution < 1.29 is 4.79 Å². The van der Waals surface area contributed by atoms with Gasteiger partial charge in [0.25, 0.3) is 5.91 Å². The number of rotatable bonds is 3. The Morgan fingerprint density at radius 3 is 2.62 bits per heavy atom. The van der Waals surface area contributed by atoms with Crippen LogP contribution in [-0.2, 0) is 7.05 Å². The van der Waals surface area contributed by atoms with Gasteiger partial charge in [0.1, 0.15) is 5.69 Å². The molecule has 3 aromatic rings. The van der Waals surface area contributed by atoms with Gasteiger partial charge in [0.05, 0.1) is 11.9 Å². The minimum absolute atomic E-state index is 0.146. The fourth-order valence-electron chi connectivity index (χ4n) is 2.21. The molecule has 4 heteroatoms. The number of nitrogens with one attached hydrogen (secondary N) is 1. The third-order valence-corrected chi connectivity index (χ3v) is 3.26. The fourth-order valence-corrected chi connectivity index (χ4v) is 2.21. The first-order valence-corrected chi connectivity index (χ1v) is 6.67. The van der Waals surface area contributed by atoms with Crippen LogP contribution in [0, 0.1) is 0 Å². The van der Waals surface area contributed by atoms with Crippen molar-refractivity contribution in [3.8, 4) is 11.1 Å². The van der Waals surface area contributed by atoms with E-state index >= 15 is 0 Å². The number of pyridine rings is 1. The van der Waals surface area contributed by atoms with Crippen LogP contribution in [0.25, 0.3) is 11.1 Å². The van der Waals surface area contributed by atoms with Gasteiger partial charge in [0.2, 0.25) is 0 Å². The molecule has 3 rings (SSSR count). The van der Waals surface area contributed by atoms with Gasteiger partial charge in [-0.15, -0.1) is 0 Å². The highest BCUT2D eigenvalue weighted by molar-refractivity contribution is 6.04. The first-order chi connectivity index (χ1) is 10.2. The third kappa shape index (κ3) is 2.84. The van der Waals surface area contributed by atoms with Gasteiger partial charge in [-0.25, -0.2) is 0 Å². The predicted octanol–water partition coefficient (Wildman–Crippen LogP) is 3.34. The van der Waals surface area contributed by atoms with Crippen LogP contribution in [0.15, 0.2) is 67.1 Å². The first kappa shape index (κ1) is 13.1. The van der Waals surface area contributed by atoms with Crippen molar-refractivity contribution in [2.75, 3.05) is 5.32 Å². The number of aromatic nitrogens is 2. The molecule has 0 aliphatic heterocycles. The van der Waals surface area contributed by atoms with E-state index in [9.17, 15) is 4.79 Å². The Morgan fingerprint density at radius 1 is 1.10 bits per heavy atom. The molecule has 104 valence electrons. The van der Waals surface area contributed by atoms with E-state index in [0.717, 1.165) is 11.1 Å². The lowest BCUT2D eigenvalue weighted by molar-refractivity contribution is 0.101. The smallest absolute Gasteiger partial charge is 0.272 e. The topological polar surface area (TPSA) is 46.9 Å². The van der Waals surface area contributed by atoms with Crippen LogP contribution in [0.1, 0.15) is 10.5 Å². The summed E-state index contributed by atoms with van der Waals surface area (Å²) >= 11 is 0. The molecule has 0 saturated heterocycles. The number of amides is 1. The second-order valence-electron chi connectivity index (χ2n) is 4.79. The van der Waals surface area contributed by atoms with Crippen molar-refractivity contribution in [1.29, 1.82) is 0 Å². The highest BCUT2D eigenvalue weighted by Crippen LogP contribution is 2.22. The summed E-state index contributed by atoms with van der Waals surface area (Å²) in [5.74, 6) is -0.146. The summed E-state index contributed by atoms with van der Waals surface area (Å²) in [7, 11) is 1.87. The number of hydrogen-bond acceptors (Lipinski definition) is 2. The monoisotopic (exact) mass is 277 g/mol. The molecule has 0 radical (unpaired) electrons. The second kappa shape index (κ2) is 5.63. The van der Waals surface area contributed by atoms with Crippen LogP contribution in [0.2, 0.25) is 0 Å². The molecule has 1 aromatic carbocycles. The van der Waals surface area contributed by atoms with Crippen LogP contribution in [-0.4, -0.2) is 15.5 Å². The summed E-state index contributed by atoms with van der Waals surface area (Å²) in [6.45, 7) is 0. The third-order valence-electron chi connectivity index (χ3n) is 3.26. The second-order valence-corrected chi connectivity index (χ2v) is 4.79. The number of hydrogen-bond donors (Lipinski definition) is 1. The number of anilines is 1. The summed E-state index contributed by atoms with van der Waals surface area (Å²) in [6, 6.07) is 15.5. The fraction of sp³-hybridized carbons (Fsp3) is 0.0588. The molecule has 4 nitrogen and oxygen atoms in total. The van der Waals surface area contributed by atoms with Crippen LogP contribution >= 0.6 is 0 Å². The maximum atomic E-state index is 12.3. The highest BCUT2D eigenvalue weighted by Gasteiger charge is 2.12. The van der Waals surface area contributed by atoms with Crippen molar-refractivity contribution >= 4 is 11.6 Å². The molecule has 0 aliphatic carbocycles. The number of nitrogens with zero attached hydrogens (tertiary/aromatic N) is 2. The van der Waals surface area contributed by atoms with E-state index in [-0.39, 0.29) is 5.91 Å². The Kier molecular flexibility index (Phi) is 3.51. The van der Waals surface area contributed by atoms with Crippen molar-refractivity contribution in [3.05, 3.63) is 72.8 Å². The molecular weight excluding hydrogens is 262 g/mol. The van der Waals surface area contributed by atoms with Crippen molar-refractivity contribution in [1.82, 2.24) is 9.55 Å². The van der Waals surface area contributed by atoms with Gasteiger partial charge in [-0.05, 0) is 23.8 Å². The van der Waals surface area contributed by atoms with E-state index in [2.05, 4.69) is 10.3 Å². The molecule has 0 atom stereocenters. The summed E-state index contributed by atoms with van der Waals surface area (Å²) in [5, 5.41) is 2.84. The Balaban J connectivity index is 1.86. The van der Waals surface area contributed by atoms with E-state index < -0.39 is 0 Å². The molecule has 0 aliphatic rings. The van der Waals surface area contributed by atoms with E-state index in [1.54, 1.807) is 18.5 Å². The SMILES string of the molecule is Cn1cc(-c2ccccc2)cc1C(=O)Nc1cccnc1. The number of benzene rings is 1. The van der Waals surface area contributed by atoms with E-state index in [4.69, 9.17) is 0 Å². The summed E-state index contributed by atoms with van der Waals surface area (Å²) in [6.07, 6.45) is 5.25. The van der Waals surface area contributed by atoms with E-state index in [0.29, 0.717) is 11.4 Å². The Morgan fingerprint density at radius 2 is 1.90 bits per heavy atom. The minimum atomic E-state index is -0.146. The number of carbonyl (C=O) groups is 1. The van der Waals surface area contributed by atoms with Gasteiger partial charge >= 0.3 is 0 Å². The lowest BCUT2D eigenvalue weighted by Gasteiger charge is -2.04. The molecule has 21 heavy (non-hydrogen) atoms. The standard InChI is InChI=1S/C17H15N3O/c1-20-12-14(13-6-3-2-4-7-13)10-16(20)17(21)19-15-8-5-9-18-11-15/h2-12H,1H3,(H,19,21). The van der Waals surface area contributed by atoms with Gasteiger partial charge in [0, 0.05) is 25.0 Å². The lowest BCUT2D eigenvalue weighted by Crippen LogP contribution is -2.15. The van der Waals surface area contributed by atoms with Crippen LogP contribution in [0.3, 0.4) is 0 Å². The molecule has 0 saturated carbocycles. The predicted molar refractivity (Wildman–Crippen MR) is 83.0 cm³/mol. The highest BCUT2D eigenvalue weighted by atomic mass is 16.1. The molecule has 0 fully saturated rings. The van der Waals surface area contributed by atoms with Crippen LogP contribution in [0.5, 0.6) is 0 Å². The maximum absolute atomic E-state index is 12.3. The van der Waals surface area contributed by atoms with Crippen molar-refractivity contribution in [2.45, 2.75) is 0 Å². The van der Waals surface area contributed by atoms with E-state index in [1.807, 2.05) is 60.3 Å². The average molecular weight is 277 g/mol. The molecule has 2 aromatic heterocycles. The van der Waals surface area contributed by atoms with Gasteiger partial charge in [0.15, 0.2) is 0 Å². The van der Waals surface area contributed by atoms with Gasteiger partial charge < -0.3 is 9.88 Å². The maximum Gasteiger partial charge on any atom is 0.272 e. The van der Waals surface area contributed by atoms with Crippen LogP contribution < -0.4 is 5.32 Å². The van der Waals surface area contributed by atoms with Crippen LogP contribution in [0.4, 0.5) is 5.69 Å². The first-order valence-electron chi connectivity index (χ1n) is 6.67. The molecular formula is C17H15N3O. The van der Waals surface area contributed by atoms with Crippen molar-refractivity contribution in [3.63, 3.8) is 0 Å². The molecule has 0 spiro atoms.